The topological polar surface area (TPSA) is 286 Å². The molecule has 4 unspecified atom stereocenters. The molecule has 18 nitrogen and oxygen atoms in total. The standard InChI is InChI=1S/C20H28O18P4/c21-39(22,23)35-17-15(33-11-13-7-3-1-4-8-13)18(36-40(24,25)26)20(38-42(30,31)32)16(19(17)37-41(27,28)29)34-12-14-9-5-2-6-10-14/h1-10,15-20H,11-12H2,(H2,21,22,23)(H2,24,25,26)(H2,27,28,29)(H2,30,31,32). The second-order valence-electron chi connectivity index (χ2n) is 8.76. The van der Waals surface area contributed by atoms with Crippen LogP contribution < -0.4 is 0 Å². The Kier molecular flexibility index (Phi) is 12.0. The molecular formula is C20H28O18P4. The van der Waals surface area contributed by atoms with Gasteiger partial charge in [0.15, 0.2) is 0 Å². The van der Waals surface area contributed by atoms with Crippen molar-refractivity contribution in [1.29, 1.82) is 0 Å². The molecule has 22 heteroatoms. The first-order valence-corrected chi connectivity index (χ1v) is 17.7. The lowest BCUT2D eigenvalue weighted by Crippen LogP contribution is -2.66. The van der Waals surface area contributed by atoms with Crippen LogP contribution in [-0.2, 0) is 59.0 Å². The van der Waals surface area contributed by atoms with E-state index in [4.69, 9.17) is 27.6 Å². The Morgan fingerprint density at radius 1 is 0.429 bits per heavy atom. The Labute approximate surface area is 238 Å². The quantitative estimate of drug-likeness (QED) is 0.130. The van der Waals surface area contributed by atoms with E-state index in [1.165, 1.54) is 24.3 Å². The van der Waals surface area contributed by atoms with Gasteiger partial charge in [-0.25, -0.2) is 18.3 Å². The summed E-state index contributed by atoms with van der Waals surface area (Å²) in [5.41, 5.74) is 0.759. The summed E-state index contributed by atoms with van der Waals surface area (Å²) in [6.45, 7) is -0.983. The summed E-state index contributed by atoms with van der Waals surface area (Å²) < 4.78 is 78.3. The van der Waals surface area contributed by atoms with Gasteiger partial charge in [0.2, 0.25) is 0 Å². The Morgan fingerprint density at radius 3 is 0.881 bits per heavy atom. The Morgan fingerprint density at radius 2 is 0.667 bits per heavy atom. The summed E-state index contributed by atoms with van der Waals surface area (Å²) in [4.78, 5) is 77.2. The molecule has 2 aromatic rings. The van der Waals surface area contributed by atoms with E-state index in [-0.39, 0.29) is 0 Å². The third kappa shape index (κ3) is 11.7. The van der Waals surface area contributed by atoms with Crippen molar-refractivity contribution in [2.75, 3.05) is 0 Å². The van der Waals surface area contributed by atoms with Gasteiger partial charge in [0, 0.05) is 0 Å². The Hall–Kier alpha value is -1.20. The molecule has 1 fully saturated rings. The average molecular weight is 680 g/mol. The number of rotatable bonds is 14. The van der Waals surface area contributed by atoms with Gasteiger partial charge in [0.25, 0.3) is 0 Å². The van der Waals surface area contributed by atoms with E-state index >= 15 is 0 Å². The molecule has 0 aliphatic heterocycles. The predicted octanol–water partition coefficient (Wildman–Crippen LogP) is 1.08. The number of hydrogen-bond acceptors (Lipinski definition) is 10. The van der Waals surface area contributed by atoms with E-state index in [9.17, 15) is 57.4 Å². The summed E-state index contributed by atoms with van der Waals surface area (Å²) in [6, 6.07) is 15.6. The first-order valence-electron chi connectivity index (χ1n) is 11.6. The summed E-state index contributed by atoms with van der Waals surface area (Å²) in [7, 11) is -22.5. The first-order chi connectivity index (χ1) is 19.3. The number of benzene rings is 2. The third-order valence-electron chi connectivity index (χ3n) is 5.55. The minimum absolute atomic E-state index is 0.379. The lowest BCUT2D eigenvalue weighted by Gasteiger charge is -2.48. The smallest absolute Gasteiger partial charge is 0.368 e. The van der Waals surface area contributed by atoms with Crippen molar-refractivity contribution >= 4 is 31.3 Å². The Bertz CT molecular complexity index is 1170. The molecule has 1 aliphatic rings. The van der Waals surface area contributed by atoms with Crippen molar-refractivity contribution in [2.24, 2.45) is 0 Å². The van der Waals surface area contributed by atoms with Gasteiger partial charge in [0.05, 0.1) is 13.2 Å². The molecule has 2 aromatic carbocycles. The van der Waals surface area contributed by atoms with Crippen molar-refractivity contribution in [3.05, 3.63) is 71.8 Å². The van der Waals surface area contributed by atoms with Crippen molar-refractivity contribution in [3.8, 4) is 0 Å². The minimum Gasteiger partial charge on any atom is -0.368 e. The molecule has 0 spiro atoms. The van der Waals surface area contributed by atoms with Gasteiger partial charge in [0.1, 0.15) is 36.6 Å². The predicted molar refractivity (Wildman–Crippen MR) is 138 cm³/mol. The van der Waals surface area contributed by atoms with Crippen LogP contribution in [-0.4, -0.2) is 75.8 Å². The zero-order valence-corrected chi connectivity index (χ0v) is 24.7. The third-order valence-corrected chi connectivity index (χ3v) is 7.62. The fraction of sp³-hybridized carbons (Fsp3) is 0.400. The van der Waals surface area contributed by atoms with Crippen molar-refractivity contribution in [1.82, 2.24) is 0 Å². The van der Waals surface area contributed by atoms with Gasteiger partial charge in [-0.05, 0) is 11.1 Å². The van der Waals surface area contributed by atoms with Gasteiger partial charge in [-0.15, -0.1) is 0 Å². The molecule has 0 heterocycles. The number of hydrogen-bond donors (Lipinski definition) is 8. The molecule has 8 N–H and O–H groups in total. The van der Waals surface area contributed by atoms with Crippen LogP contribution in [0.2, 0.25) is 0 Å². The zero-order valence-electron chi connectivity index (χ0n) is 21.1. The Balaban J connectivity index is 2.20. The maximum atomic E-state index is 12.0. The molecule has 42 heavy (non-hydrogen) atoms. The molecule has 0 aromatic heterocycles. The largest absolute Gasteiger partial charge is 0.470 e. The van der Waals surface area contributed by atoms with Crippen molar-refractivity contribution < 1.29 is 85.0 Å². The molecular weight excluding hydrogens is 652 g/mol. The molecule has 0 bridgehead atoms. The van der Waals surface area contributed by atoms with Crippen LogP contribution in [0, 0.1) is 0 Å². The fourth-order valence-electron chi connectivity index (χ4n) is 4.15. The van der Waals surface area contributed by atoms with E-state index < -0.39 is 81.1 Å². The maximum Gasteiger partial charge on any atom is 0.470 e. The number of phosphoric acid groups is 4. The monoisotopic (exact) mass is 680 g/mol. The average Bonchev–Trinajstić information content (AvgIpc) is 2.84. The summed E-state index contributed by atoms with van der Waals surface area (Å²) in [5.74, 6) is 0. The zero-order chi connectivity index (χ0) is 31.3. The molecule has 1 aliphatic carbocycles. The minimum atomic E-state index is -5.62. The highest BCUT2D eigenvalue weighted by Gasteiger charge is 2.60. The van der Waals surface area contributed by atoms with Crippen LogP contribution in [0.3, 0.4) is 0 Å². The van der Waals surface area contributed by atoms with E-state index in [1.807, 2.05) is 0 Å². The summed E-state index contributed by atoms with van der Waals surface area (Å²) >= 11 is 0. The van der Waals surface area contributed by atoms with Crippen LogP contribution >= 0.6 is 31.3 Å². The molecule has 0 radical (unpaired) electrons. The second-order valence-corrected chi connectivity index (χ2v) is 13.5. The molecule has 1 saturated carbocycles. The number of ether oxygens (including phenoxy) is 2. The SMILES string of the molecule is O=P(O)(O)OC1C(OCc2ccccc2)C(OP(=O)(O)O)C(OP(=O)(O)O)C(OCc2ccccc2)C1OP(=O)(O)O. The highest BCUT2D eigenvalue weighted by Crippen LogP contribution is 2.53. The van der Waals surface area contributed by atoms with E-state index in [0.29, 0.717) is 11.1 Å². The molecule has 236 valence electrons. The van der Waals surface area contributed by atoms with E-state index in [1.54, 1.807) is 36.4 Å². The van der Waals surface area contributed by atoms with Crippen molar-refractivity contribution in [3.63, 3.8) is 0 Å². The van der Waals surface area contributed by atoms with Gasteiger partial charge in [-0.2, -0.15) is 0 Å². The highest BCUT2D eigenvalue weighted by atomic mass is 31.2. The molecule has 0 amide bonds. The van der Waals surface area contributed by atoms with Crippen LogP contribution in [0.5, 0.6) is 0 Å². The van der Waals surface area contributed by atoms with Crippen molar-refractivity contribution in [2.45, 2.75) is 49.8 Å². The lowest BCUT2D eigenvalue weighted by atomic mass is 9.84. The summed E-state index contributed by atoms with van der Waals surface area (Å²) in [6.07, 6.45) is -13.7. The van der Waals surface area contributed by atoms with Gasteiger partial charge < -0.3 is 48.6 Å². The van der Waals surface area contributed by atoms with Gasteiger partial charge in [-0.3, -0.25) is 18.1 Å². The first kappa shape index (κ1) is 35.3. The molecule has 3 rings (SSSR count). The van der Waals surface area contributed by atoms with Crippen LogP contribution in [0.15, 0.2) is 60.7 Å². The molecule has 0 saturated heterocycles. The van der Waals surface area contributed by atoms with Crippen LogP contribution in [0.4, 0.5) is 0 Å². The van der Waals surface area contributed by atoms with Crippen LogP contribution in [0.1, 0.15) is 11.1 Å². The normalized spacial score (nSPS) is 25.8. The lowest BCUT2D eigenvalue weighted by molar-refractivity contribution is -0.237. The van der Waals surface area contributed by atoms with Gasteiger partial charge in [-0.1, -0.05) is 60.7 Å². The summed E-state index contributed by atoms with van der Waals surface area (Å²) in [5, 5.41) is 0. The number of phosphoric ester groups is 4. The highest BCUT2D eigenvalue weighted by molar-refractivity contribution is 7.47. The van der Waals surface area contributed by atoms with E-state index in [2.05, 4.69) is 0 Å². The fourth-order valence-corrected chi connectivity index (χ4v) is 6.38. The van der Waals surface area contributed by atoms with E-state index in [0.717, 1.165) is 0 Å². The maximum absolute atomic E-state index is 12.0. The second kappa shape index (κ2) is 14.3. The molecule has 4 atom stereocenters. The van der Waals surface area contributed by atoms with Crippen LogP contribution in [0.25, 0.3) is 0 Å². The van der Waals surface area contributed by atoms with Gasteiger partial charge >= 0.3 is 31.3 Å².